The second kappa shape index (κ2) is 5.71. The first-order valence-corrected chi connectivity index (χ1v) is 7.06. The van der Waals surface area contributed by atoms with Crippen LogP contribution in [0.1, 0.15) is 43.8 Å². The number of ether oxygens (including phenoxy) is 1. The molecule has 0 bridgehead atoms. The van der Waals surface area contributed by atoms with Gasteiger partial charge in [0.25, 0.3) is 0 Å². The van der Waals surface area contributed by atoms with Crippen LogP contribution < -0.4 is 16.6 Å². The highest BCUT2D eigenvalue weighted by Gasteiger charge is 2.27. The van der Waals surface area contributed by atoms with Gasteiger partial charge in [-0.05, 0) is 32.1 Å². The molecule has 6 heteroatoms. The molecule has 1 atom stereocenters. The summed E-state index contributed by atoms with van der Waals surface area (Å²) in [6.45, 7) is 1.78. The van der Waals surface area contributed by atoms with Crippen molar-refractivity contribution >= 4 is 11.6 Å². The van der Waals surface area contributed by atoms with Gasteiger partial charge in [0.2, 0.25) is 0 Å². The summed E-state index contributed by atoms with van der Waals surface area (Å²) in [5.41, 5.74) is 2.61. The number of nitrogens with two attached hydrogens (primary N) is 1. The first-order valence-electron chi connectivity index (χ1n) is 7.06. The summed E-state index contributed by atoms with van der Waals surface area (Å²) in [7, 11) is 0. The van der Waals surface area contributed by atoms with Crippen molar-refractivity contribution in [2.45, 2.75) is 44.1 Å². The molecule has 0 aromatic carbocycles. The molecule has 1 unspecified atom stereocenters. The van der Waals surface area contributed by atoms with Gasteiger partial charge in [0.15, 0.2) is 0 Å². The SMILES string of the molecule is NNc1cc(NCCC2CCCO2)nc(C2CC2)n1. The highest BCUT2D eigenvalue weighted by atomic mass is 16.5. The number of hydrogen-bond acceptors (Lipinski definition) is 6. The summed E-state index contributed by atoms with van der Waals surface area (Å²) in [5, 5.41) is 3.34. The number of anilines is 2. The molecule has 104 valence electrons. The van der Waals surface area contributed by atoms with Crippen LogP contribution in [-0.4, -0.2) is 29.2 Å². The van der Waals surface area contributed by atoms with Crippen LogP contribution in [0.5, 0.6) is 0 Å². The second-order valence-corrected chi connectivity index (χ2v) is 5.27. The van der Waals surface area contributed by atoms with E-state index in [9.17, 15) is 0 Å². The van der Waals surface area contributed by atoms with Crippen LogP contribution in [0.2, 0.25) is 0 Å². The molecule has 1 aliphatic heterocycles. The lowest BCUT2D eigenvalue weighted by Gasteiger charge is -2.12. The summed E-state index contributed by atoms with van der Waals surface area (Å²) in [5.74, 6) is 8.39. The van der Waals surface area contributed by atoms with Gasteiger partial charge in [-0.15, -0.1) is 0 Å². The van der Waals surface area contributed by atoms with E-state index in [1.54, 1.807) is 0 Å². The van der Waals surface area contributed by atoms with Gasteiger partial charge in [-0.25, -0.2) is 15.8 Å². The van der Waals surface area contributed by atoms with Crippen molar-refractivity contribution in [1.29, 1.82) is 0 Å². The highest BCUT2D eigenvalue weighted by molar-refractivity contribution is 5.47. The number of nitrogens with zero attached hydrogens (tertiary/aromatic N) is 2. The van der Waals surface area contributed by atoms with E-state index < -0.39 is 0 Å². The Kier molecular flexibility index (Phi) is 3.79. The Balaban J connectivity index is 1.57. The van der Waals surface area contributed by atoms with Gasteiger partial charge in [-0.2, -0.15) is 0 Å². The van der Waals surface area contributed by atoms with E-state index in [0.29, 0.717) is 17.8 Å². The molecule has 0 spiro atoms. The molecule has 1 aliphatic carbocycles. The van der Waals surface area contributed by atoms with Gasteiger partial charge in [-0.1, -0.05) is 0 Å². The molecule has 3 rings (SSSR count). The van der Waals surface area contributed by atoms with Crippen LogP contribution >= 0.6 is 0 Å². The van der Waals surface area contributed by atoms with E-state index in [1.807, 2.05) is 6.07 Å². The van der Waals surface area contributed by atoms with E-state index in [2.05, 4.69) is 20.7 Å². The number of hydrazine groups is 1. The van der Waals surface area contributed by atoms with Crippen molar-refractivity contribution in [1.82, 2.24) is 9.97 Å². The quantitative estimate of drug-likeness (QED) is 0.534. The number of hydrogen-bond donors (Lipinski definition) is 3. The van der Waals surface area contributed by atoms with Gasteiger partial charge < -0.3 is 15.5 Å². The highest BCUT2D eigenvalue weighted by Crippen LogP contribution is 2.38. The van der Waals surface area contributed by atoms with Crippen LogP contribution in [0.15, 0.2) is 6.07 Å². The van der Waals surface area contributed by atoms with Crippen LogP contribution in [0, 0.1) is 0 Å². The third-order valence-electron chi connectivity index (χ3n) is 3.63. The van der Waals surface area contributed by atoms with Crippen molar-refractivity contribution in [3.63, 3.8) is 0 Å². The summed E-state index contributed by atoms with van der Waals surface area (Å²) in [6.07, 6.45) is 6.16. The van der Waals surface area contributed by atoms with Gasteiger partial charge in [0.1, 0.15) is 17.5 Å². The number of aromatic nitrogens is 2. The Morgan fingerprint density at radius 3 is 2.79 bits per heavy atom. The molecule has 1 saturated heterocycles. The molecular formula is C13H21N5O. The van der Waals surface area contributed by atoms with Crippen LogP contribution in [-0.2, 0) is 4.74 Å². The Morgan fingerprint density at radius 1 is 1.26 bits per heavy atom. The largest absolute Gasteiger partial charge is 0.378 e. The minimum absolute atomic E-state index is 0.407. The van der Waals surface area contributed by atoms with Crippen molar-refractivity contribution in [2.75, 3.05) is 23.9 Å². The molecule has 1 aromatic rings. The third-order valence-corrected chi connectivity index (χ3v) is 3.63. The Labute approximate surface area is 113 Å². The monoisotopic (exact) mass is 263 g/mol. The average molecular weight is 263 g/mol. The Bertz CT molecular complexity index is 429. The molecule has 19 heavy (non-hydrogen) atoms. The zero-order valence-electron chi connectivity index (χ0n) is 11.1. The van der Waals surface area contributed by atoms with E-state index in [0.717, 1.165) is 31.2 Å². The molecule has 4 N–H and O–H groups in total. The smallest absolute Gasteiger partial charge is 0.145 e. The summed E-state index contributed by atoms with van der Waals surface area (Å²) >= 11 is 0. The molecule has 2 fully saturated rings. The fourth-order valence-corrected chi connectivity index (χ4v) is 2.39. The molecular weight excluding hydrogens is 242 g/mol. The summed E-state index contributed by atoms with van der Waals surface area (Å²) in [6, 6.07) is 1.85. The minimum atomic E-state index is 0.407. The first-order chi connectivity index (χ1) is 9.35. The van der Waals surface area contributed by atoms with E-state index >= 15 is 0 Å². The molecule has 2 heterocycles. The number of rotatable bonds is 6. The molecule has 1 aromatic heterocycles. The maximum Gasteiger partial charge on any atom is 0.145 e. The molecule has 1 saturated carbocycles. The van der Waals surface area contributed by atoms with Gasteiger partial charge >= 0.3 is 0 Å². The van der Waals surface area contributed by atoms with Crippen molar-refractivity contribution in [2.24, 2.45) is 5.84 Å². The summed E-state index contributed by atoms with van der Waals surface area (Å²) < 4.78 is 5.60. The van der Waals surface area contributed by atoms with E-state index in [-0.39, 0.29) is 0 Å². The van der Waals surface area contributed by atoms with Crippen molar-refractivity contribution in [3.05, 3.63) is 11.9 Å². The van der Waals surface area contributed by atoms with Gasteiger partial charge in [-0.3, -0.25) is 0 Å². The predicted molar refractivity (Wildman–Crippen MR) is 73.9 cm³/mol. The predicted octanol–water partition coefficient (Wildman–Crippen LogP) is 1.62. The van der Waals surface area contributed by atoms with E-state index in [1.165, 1.54) is 25.7 Å². The van der Waals surface area contributed by atoms with Gasteiger partial charge in [0, 0.05) is 25.1 Å². The lowest BCUT2D eigenvalue weighted by Crippen LogP contribution is -2.15. The third kappa shape index (κ3) is 3.33. The average Bonchev–Trinajstić information content (AvgIpc) is 3.17. The van der Waals surface area contributed by atoms with Crippen molar-refractivity contribution in [3.8, 4) is 0 Å². The number of nitrogens with one attached hydrogen (secondary N) is 2. The topological polar surface area (TPSA) is 85.1 Å². The van der Waals surface area contributed by atoms with Crippen LogP contribution in [0.4, 0.5) is 11.6 Å². The normalized spacial score (nSPS) is 22.5. The maximum atomic E-state index is 5.60. The van der Waals surface area contributed by atoms with Crippen LogP contribution in [0.25, 0.3) is 0 Å². The number of nitrogen functional groups attached to an aromatic ring is 1. The fraction of sp³-hybridized carbons (Fsp3) is 0.692. The molecule has 0 amide bonds. The van der Waals surface area contributed by atoms with Crippen LogP contribution in [0.3, 0.4) is 0 Å². The van der Waals surface area contributed by atoms with Crippen molar-refractivity contribution < 1.29 is 4.74 Å². The molecule has 6 nitrogen and oxygen atoms in total. The fourth-order valence-electron chi connectivity index (χ4n) is 2.39. The van der Waals surface area contributed by atoms with E-state index in [4.69, 9.17) is 10.6 Å². The lowest BCUT2D eigenvalue weighted by molar-refractivity contribution is 0.107. The standard InChI is InChI=1S/C13H21N5O/c14-18-12-8-11(16-13(17-12)9-3-4-9)15-6-5-10-2-1-7-19-10/h8-10H,1-7,14H2,(H2,15,16,17,18). The first kappa shape index (κ1) is 12.6. The zero-order chi connectivity index (χ0) is 13.1. The maximum absolute atomic E-state index is 5.60. The zero-order valence-corrected chi connectivity index (χ0v) is 11.1. The Hall–Kier alpha value is -1.40. The minimum Gasteiger partial charge on any atom is -0.378 e. The molecule has 2 aliphatic rings. The van der Waals surface area contributed by atoms with Gasteiger partial charge in [0.05, 0.1) is 6.10 Å². The summed E-state index contributed by atoms with van der Waals surface area (Å²) in [4.78, 5) is 8.94. The lowest BCUT2D eigenvalue weighted by atomic mass is 10.2. The second-order valence-electron chi connectivity index (χ2n) is 5.27. The Morgan fingerprint density at radius 2 is 2.11 bits per heavy atom. The molecule has 0 radical (unpaired) electrons.